The van der Waals surface area contributed by atoms with E-state index >= 15 is 0 Å². The molecule has 0 spiro atoms. The number of rotatable bonds is 5. The van der Waals surface area contributed by atoms with Gasteiger partial charge in [0.05, 0.1) is 4.75 Å². The Kier molecular flexibility index (Phi) is 6.54. The van der Waals surface area contributed by atoms with E-state index in [1.807, 2.05) is 60.6 Å². The van der Waals surface area contributed by atoms with E-state index in [4.69, 9.17) is 0 Å². The molecule has 0 aromatic heterocycles. The fourth-order valence-corrected chi connectivity index (χ4v) is 4.10. The lowest BCUT2D eigenvalue weighted by molar-refractivity contribution is -0.120. The predicted octanol–water partition coefficient (Wildman–Crippen LogP) is 3.66. The zero-order valence-electron chi connectivity index (χ0n) is 15.6. The van der Waals surface area contributed by atoms with Crippen LogP contribution >= 0.6 is 0 Å². The molecular weight excluding hydrogens is 308 g/mol. The van der Waals surface area contributed by atoms with Crippen molar-refractivity contribution in [2.45, 2.75) is 59.3 Å². The van der Waals surface area contributed by atoms with Crippen molar-refractivity contribution in [3.05, 3.63) is 29.3 Å². The zero-order chi connectivity index (χ0) is 17.9. The van der Waals surface area contributed by atoms with E-state index in [0.29, 0.717) is 0 Å². The molecule has 1 aromatic carbocycles. The first-order valence-electron chi connectivity index (χ1n) is 7.97. The summed E-state index contributed by atoms with van der Waals surface area (Å²) in [6, 6.07) is 5.51. The van der Waals surface area contributed by atoms with Gasteiger partial charge in [0.1, 0.15) is 17.0 Å². The first-order chi connectivity index (χ1) is 10.4. The van der Waals surface area contributed by atoms with E-state index in [1.165, 1.54) is 0 Å². The maximum absolute atomic E-state index is 12.8. The summed E-state index contributed by atoms with van der Waals surface area (Å²) in [5.74, 6) is -0.0673. The number of carbonyl (C=O) groups is 1. The van der Waals surface area contributed by atoms with Crippen LogP contribution < -0.4 is 5.32 Å². The van der Waals surface area contributed by atoms with Crippen LogP contribution in [-0.4, -0.2) is 32.3 Å². The highest BCUT2D eigenvalue weighted by atomic mass is 32.2. The molecule has 0 saturated heterocycles. The molecule has 0 aliphatic heterocycles. The molecule has 0 bridgehead atoms. The fraction of sp³-hybridized carbons (Fsp3) is 0.611. The van der Waals surface area contributed by atoms with Crippen molar-refractivity contribution in [1.82, 2.24) is 4.31 Å². The average Bonchev–Trinajstić information content (AvgIpc) is 2.34. The van der Waals surface area contributed by atoms with Crippen LogP contribution in [0.15, 0.2) is 18.2 Å². The van der Waals surface area contributed by atoms with Crippen LogP contribution in [0.1, 0.15) is 45.7 Å². The van der Waals surface area contributed by atoms with Crippen molar-refractivity contribution in [2.24, 2.45) is 5.92 Å². The van der Waals surface area contributed by atoms with Crippen LogP contribution in [0.25, 0.3) is 0 Å². The second-order valence-corrected chi connectivity index (χ2v) is 9.76. The van der Waals surface area contributed by atoms with E-state index in [9.17, 15) is 9.00 Å². The fourth-order valence-electron chi connectivity index (χ4n) is 2.69. The molecule has 0 fully saturated rings. The number of nitrogens with one attached hydrogen (secondary N) is 1. The molecule has 1 aromatic rings. The third kappa shape index (κ3) is 5.43. The molecule has 23 heavy (non-hydrogen) atoms. The number of nitrogens with zero attached hydrogens (tertiary/aromatic N) is 1. The standard InChI is InChI=1S/C18H30N2O2S/c1-12(2)16(20(8)23(22)18(5,6)7)17(21)19-15-10-13(3)9-14(4)11-15/h9-12,16H,1-8H3,(H,19,21)/t16-,23?/m0/s1. The van der Waals surface area contributed by atoms with E-state index < -0.39 is 21.8 Å². The molecule has 0 saturated carbocycles. The Morgan fingerprint density at radius 3 is 2.00 bits per heavy atom. The molecule has 0 heterocycles. The molecule has 5 heteroatoms. The number of anilines is 1. The smallest absolute Gasteiger partial charge is 0.242 e. The first-order valence-corrected chi connectivity index (χ1v) is 9.08. The van der Waals surface area contributed by atoms with Crippen LogP contribution in [0.3, 0.4) is 0 Å². The molecular formula is C18H30N2O2S. The second kappa shape index (κ2) is 7.58. The highest BCUT2D eigenvalue weighted by molar-refractivity contribution is 7.84. The lowest BCUT2D eigenvalue weighted by Gasteiger charge is -2.33. The van der Waals surface area contributed by atoms with E-state index in [0.717, 1.165) is 16.8 Å². The van der Waals surface area contributed by atoms with Crippen LogP contribution in [-0.2, 0) is 15.8 Å². The zero-order valence-corrected chi connectivity index (χ0v) is 16.4. The second-order valence-electron chi connectivity index (χ2n) is 7.46. The average molecular weight is 339 g/mol. The predicted molar refractivity (Wildman–Crippen MR) is 98.8 cm³/mol. The first kappa shape index (κ1) is 19.8. The number of likely N-dealkylation sites (N-methyl/N-ethyl adjacent to an activating group) is 1. The summed E-state index contributed by atoms with van der Waals surface area (Å²) in [6.07, 6.45) is 0. The third-order valence-electron chi connectivity index (χ3n) is 3.57. The maximum atomic E-state index is 12.8. The van der Waals surface area contributed by atoms with Gasteiger partial charge >= 0.3 is 0 Å². The molecule has 2 atom stereocenters. The van der Waals surface area contributed by atoms with Gasteiger partial charge in [-0.3, -0.25) is 4.79 Å². The summed E-state index contributed by atoms with van der Waals surface area (Å²) in [5, 5.41) is 2.98. The van der Waals surface area contributed by atoms with Gasteiger partial charge in [0.25, 0.3) is 0 Å². The minimum absolute atomic E-state index is 0.0530. The number of aryl methyl sites for hydroxylation is 2. The molecule has 0 aliphatic carbocycles. The minimum Gasteiger partial charge on any atom is -0.325 e. The lowest BCUT2D eigenvalue weighted by Crippen LogP contribution is -2.49. The number of amides is 1. The van der Waals surface area contributed by atoms with Crippen LogP contribution in [0.4, 0.5) is 5.69 Å². The normalized spacial score (nSPS) is 14.9. The topological polar surface area (TPSA) is 49.4 Å². The van der Waals surface area contributed by atoms with Gasteiger partial charge in [-0.1, -0.05) is 19.9 Å². The van der Waals surface area contributed by atoms with Gasteiger partial charge < -0.3 is 5.32 Å². The number of benzene rings is 1. The molecule has 1 rings (SSSR count). The molecule has 0 aliphatic rings. The van der Waals surface area contributed by atoms with E-state index in [1.54, 1.807) is 11.4 Å². The Bertz CT molecular complexity index is 571. The van der Waals surface area contributed by atoms with E-state index in [-0.39, 0.29) is 11.8 Å². The molecule has 0 radical (unpaired) electrons. The number of carbonyl (C=O) groups excluding carboxylic acids is 1. The van der Waals surface area contributed by atoms with E-state index in [2.05, 4.69) is 11.4 Å². The van der Waals surface area contributed by atoms with Gasteiger partial charge in [-0.05, 0) is 63.8 Å². The van der Waals surface area contributed by atoms with Gasteiger partial charge in [-0.2, -0.15) is 0 Å². The Morgan fingerprint density at radius 2 is 1.61 bits per heavy atom. The van der Waals surface area contributed by atoms with Gasteiger partial charge in [0.2, 0.25) is 5.91 Å². The third-order valence-corrected chi connectivity index (χ3v) is 5.36. The van der Waals surface area contributed by atoms with Gasteiger partial charge in [-0.25, -0.2) is 8.51 Å². The van der Waals surface area contributed by atoms with Crippen LogP contribution in [0.2, 0.25) is 0 Å². The molecule has 4 nitrogen and oxygen atoms in total. The Hall–Kier alpha value is -1.20. The SMILES string of the molecule is Cc1cc(C)cc(NC(=O)[C@H](C(C)C)N(C)S(=O)C(C)(C)C)c1. The maximum Gasteiger partial charge on any atom is 0.242 e. The Balaban J connectivity index is 3.01. The van der Waals surface area contributed by atoms with Crippen molar-refractivity contribution in [3.63, 3.8) is 0 Å². The van der Waals surface area contributed by atoms with Gasteiger partial charge in [0.15, 0.2) is 0 Å². The summed E-state index contributed by atoms with van der Waals surface area (Å²) < 4.78 is 13.9. The number of hydrogen-bond acceptors (Lipinski definition) is 2. The monoisotopic (exact) mass is 338 g/mol. The van der Waals surface area contributed by atoms with Crippen molar-refractivity contribution in [2.75, 3.05) is 12.4 Å². The quantitative estimate of drug-likeness (QED) is 0.891. The van der Waals surface area contributed by atoms with Crippen molar-refractivity contribution in [3.8, 4) is 0 Å². The van der Waals surface area contributed by atoms with Crippen LogP contribution in [0, 0.1) is 19.8 Å². The van der Waals surface area contributed by atoms with Crippen molar-refractivity contribution in [1.29, 1.82) is 0 Å². The van der Waals surface area contributed by atoms with Crippen molar-refractivity contribution < 1.29 is 9.00 Å². The Labute approximate surface area is 143 Å². The van der Waals surface area contributed by atoms with Crippen molar-refractivity contribution >= 4 is 22.6 Å². The summed E-state index contributed by atoms with van der Waals surface area (Å²) >= 11 is 0. The number of hydrogen-bond donors (Lipinski definition) is 1. The summed E-state index contributed by atoms with van der Waals surface area (Å²) in [6.45, 7) is 13.7. The highest BCUT2D eigenvalue weighted by Crippen LogP contribution is 2.22. The van der Waals surface area contributed by atoms with Gasteiger partial charge in [-0.15, -0.1) is 0 Å². The summed E-state index contributed by atoms with van der Waals surface area (Å²) in [5.41, 5.74) is 2.99. The molecule has 130 valence electrons. The minimum atomic E-state index is -1.25. The summed E-state index contributed by atoms with van der Waals surface area (Å²) in [4.78, 5) is 12.8. The summed E-state index contributed by atoms with van der Waals surface area (Å²) in [7, 11) is 0.509. The molecule has 1 N–H and O–H groups in total. The lowest BCUT2D eigenvalue weighted by atomic mass is 10.0. The Morgan fingerprint density at radius 1 is 1.13 bits per heavy atom. The largest absolute Gasteiger partial charge is 0.325 e. The molecule has 1 amide bonds. The highest BCUT2D eigenvalue weighted by Gasteiger charge is 2.34. The van der Waals surface area contributed by atoms with Crippen LogP contribution in [0.5, 0.6) is 0 Å². The molecule has 1 unspecified atom stereocenters. The van der Waals surface area contributed by atoms with Gasteiger partial charge in [0, 0.05) is 12.7 Å².